The van der Waals surface area contributed by atoms with Crippen molar-refractivity contribution in [3.05, 3.63) is 65.7 Å². The normalized spacial score (nSPS) is 18.8. The van der Waals surface area contributed by atoms with Crippen LogP contribution in [-0.2, 0) is 6.61 Å². The van der Waals surface area contributed by atoms with Crippen molar-refractivity contribution in [1.82, 2.24) is 16.2 Å². The first-order valence-corrected chi connectivity index (χ1v) is 10.2. The molecule has 0 bridgehead atoms. The molecule has 148 valence electrons. The lowest BCUT2D eigenvalue weighted by Gasteiger charge is -2.30. The molecule has 3 N–H and O–H groups in total. The SMILES string of the molecule is C[C@H]1CCCC[C@H]1NC(=S)NNC(=O)c1ccc(COc2ccccc2)cc1. The van der Waals surface area contributed by atoms with E-state index >= 15 is 0 Å². The van der Waals surface area contributed by atoms with E-state index in [1.54, 1.807) is 12.1 Å². The van der Waals surface area contributed by atoms with Gasteiger partial charge in [-0.2, -0.15) is 0 Å². The van der Waals surface area contributed by atoms with Crippen molar-refractivity contribution in [3.8, 4) is 5.75 Å². The van der Waals surface area contributed by atoms with Gasteiger partial charge in [-0.25, -0.2) is 0 Å². The molecular weight excluding hydrogens is 370 g/mol. The Balaban J connectivity index is 1.43. The number of para-hydroxylation sites is 1. The van der Waals surface area contributed by atoms with Gasteiger partial charge in [0, 0.05) is 11.6 Å². The van der Waals surface area contributed by atoms with E-state index in [2.05, 4.69) is 23.1 Å². The molecule has 1 amide bonds. The van der Waals surface area contributed by atoms with E-state index in [4.69, 9.17) is 17.0 Å². The number of nitrogens with one attached hydrogen (secondary N) is 3. The van der Waals surface area contributed by atoms with E-state index in [0.717, 1.165) is 17.7 Å². The number of ether oxygens (including phenoxy) is 1. The van der Waals surface area contributed by atoms with E-state index in [1.165, 1.54) is 19.3 Å². The highest BCUT2D eigenvalue weighted by Crippen LogP contribution is 2.23. The van der Waals surface area contributed by atoms with Crippen LogP contribution in [0, 0.1) is 5.92 Å². The van der Waals surface area contributed by atoms with E-state index in [-0.39, 0.29) is 5.91 Å². The van der Waals surface area contributed by atoms with Crippen LogP contribution >= 0.6 is 12.2 Å². The summed E-state index contributed by atoms with van der Waals surface area (Å²) in [5.41, 5.74) is 7.02. The van der Waals surface area contributed by atoms with Crippen molar-refractivity contribution in [1.29, 1.82) is 0 Å². The van der Waals surface area contributed by atoms with Crippen LogP contribution in [0.25, 0.3) is 0 Å². The molecule has 1 saturated carbocycles. The molecule has 1 fully saturated rings. The maximum atomic E-state index is 12.3. The van der Waals surface area contributed by atoms with E-state index < -0.39 is 0 Å². The number of carbonyl (C=O) groups excluding carboxylic acids is 1. The smallest absolute Gasteiger partial charge is 0.269 e. The van der Waals surface area contributed by atoms with E-state index in [0.29, 0.717) is 29.2 Å². The molecule has 0 saturated heterocycles. The van der Waals surface area contributed by atoms with Crippen molar-refractivity contribution in [2.45, 2.75) is 45.3 Å². The Morgan fingerprint density at radius 2 is 1.75 bits per heavy atom. The average molecular weight is 398 g/mol. The van der Waals surface area contributed by atoms with Gasteiger partial charge in [0.25, 0.3) is 5.91 Å². The molecule has 6 heteroatoms. The average Bonchev–Trinajstić information content (AvgIpc) is 2.73. The summed E-state index contributed by atoms with van der Waals surface area (Å²) in [7, 11) is 0. The number of carbonyl (C=O) groups is 1. The van der Waals surface area contributed by atoms with Gasteiger partial charge in [0.2, 0.25) is 0 Å². The van der Waals surface area contributed by atoms with Gasteiger partial charge in [-0.15, -0.1) is 0 Å². The molecule has 1 aliphatic rings. The predicted octanol–water partition coefficient (Wildman–Crippen LogP) is 3.95. The van der Waals surface area contributed by atoms with Gasteiger partial charge >= 0.3 is 0 Å². The van der Waals surface area contributed by atoms with Crippen LogP contribution in [0.1, 0.15) is 48.5 Å². The molecule has 0 radical (unpaired) electrons. The molecule has 2 aromatic carbocycles. The van der Waals surface area contributed by atoms with Crippen LogP contribution in [0.15, 0.2) is 54.6 Å². The lowest BCUT2D eigenvalue weighted by atomic mass is 9.86. The first-order chi connectivity index (χ1) is 13.6. The molecule has 0 unspecified atom stereocenters. The Hall–Kier alpha value is -2.60. The number of thiocarbonyl (C=S) groups is 1. The molecule has 0 spiro atoms. The minimum atomic E-state index is -0.226. The highest BCUT2D eigenvalue weighted by atomic mass is 32.1. The Morgan fingerprint density at radius 1 is 1.04 bits per heavy atom. The van der Waals surface area contributed by atoms with E-state index in [9.17, 15) is 4.79 Å². The van der Waals surface area contributed by atoms with Crippen LogP contribution in [0.5, 0.6) is 5.75 Å². The fourth-order valence-electron chi connectivity index (χ4n) is 3.36. The largest absolute Gasteiger partial charge is 0.489 e. The minimum absolute atomic E-state index is 0.226. The first kappa shape index (κ1) is 20.1. The molecule has 3 rings (SSSR count). The first-order valence-electron chi connectivity index (χ1n) is 9.75. The second kappa shape index (κ2) is 10.1. The van der Waals surface area contributed by atoms with Crippen LogP contribution in [-0.4, -0.2) is 17.1 Å². The van der Waals surface area contributed by atoms with E-state index in [1.807, 2.05) is 42.5 Å². The van der Waals surface area contributed by atoms with Crippen LogP contribution in [0.2, 0.25) is 0 Å². The van der Waals surface area contributed by atoms with Gasteiger partial charge in [0.1, 0.15) is 12.4 Å². The highest BCUT2D eigenvalue weighted by Gasteiger charge is 2.21. The number of benzene rings is 2. The summed E-state index contributed by atoms with van der Waals surface area (Å²) >= 11 is 5.30. The summed E-state index contributed by atoms with van der Waals surface area (Å²) < 4.78 is 5.71. The lowest BCUT2D eigenvalue weighted by molar-refractivity contribution is 0.0943. The molecule has 5 nitrogen and oxygen atoms in total. The summed E-state index contributed by atoms with van der Waals surface area (Å²) in [4.78, 5) is 12.3. The number of rotatable bonds is 5. The molecule has 0 aliphatic heterocycles. The van der Waals surface area contributed by atoms with Gasteiger partial charge in [0.05, 0.1) is 0 Å². The second-order valence-electron chi connectivity index (χ2n) is 7.22. The Kier molecular flexibility index (Phi) is 7.25. The summed E-state index contributed by atoms with van der Waals surface area (Å²) in [6, 6.07) is 17.3. The second-order valence-corrected chi connectivity index (χ2v) is 7.63. The van der Waals surface area contributed by atoms with Crippen LogP contribution in [0.3, 0.4) is 0 Å². The van der Waals surface area contributed by atoms with Gasteiger partial charge < -0.3 is 10.1 Å². The third kappa shape index (κ3) is 5.96. The molecule has 2 atom stereocenters. The minimum Gasteiger partial charge on any atom is -0.489 e. The molecule has 0 aromatic heterocycles. The summed E-state index contributed by atoms with van der Waals surface area (Å²) in [5.74, 6) is 1.19. The van der Waals surface area contributed by atoms with Gasteiger partial charge in [-0.1, -0.05) is 50.1 Å². The van der Waals surface area contributed by atoms with Crippen molar-refractivity contribution < 1.29 is 9.53 Å². The number of hydrogen-bond donors (Lipinski definition) is 3. The molecule has 28 heavy (non-hydrogen) atoms. The Bertz CT molecular complexity index is 780. The predicted molar refractivity (Wildman–Crippen MR) is 115 cm³/mol. The van der Waals surface area contributed by atoms with Gasteiger partial charge in [-0.05, 0) is 60.8 Å². The number of hydrogen-bond acceptors (Lipinski definition) is 3. The third-order valence-corrected chi connectivity index (χ3v) is 5.30. The molecule has 1 aliphatic carbocycles. The lowest BCUT2D eigenvalue weighted by Crippen LogP contribution is -2.51. The fraction of sp³-hybridized carbons (Fsp3) is 0.364. The molecule has 0 heterocycles. The summed E-state index contributed by atoms with van der Waals surface area (Å²) in [5, 5.41) is 3.76. The maximum absolute atomic E-state index is 12.3. The summed E-state index contributed by atoms with van der Waals surface area (Å²) in [6.07, 6.45) is 4.83. The van der Waals surface area contributed by atoms with Crippen LogP contribution in [0.4, 0.5) is 0 Å². The zero-order chi connectivity index (χ0) is 19.8. The Morgan fingerprint density at radius 3 is 2.46 bits per heavy atom. The number of amides is 1. The summed E-state index contributed by atoms with van der Waals surface area (Å²) in [6.45, 7) is 2.69. The number of hydrazine groups is 1. The van der Waals surface area contributed by atoms with Crippen molar-refractivity contribution in [2.75, 3.05) is 0 Å². The zero-order valence-corrected chi connectivity index (χ0v) is 16.9. The van der Waals surface area contributed by atoms with Crippen molar-refractivity contribution >= 4 is 23.2 Å². The zero-order valence-electron chi connectivity index (χ0n) is 16.1. The third-order valence-electron chi connectivity index (χ3n) is 5.08. The van der Waals surface area contributed by atoms with Gasteiger partial charge in [0.15, 0.2) is 5.11 Å². The monoisotopic (exact) mass is 397 g/mol. The fourth-order valence-corrected chi connectivity index (χ4v) is 3.56. The molecule has 2 aromatic rings. The molecular formula is C22H27N3O2S. The van der Waals surface area contributed by atoms with Crippen molar-refractivity contribution in [2.24, 2.45) is 5.92 Å². The quantitative estimate of drug-likeness (QED) is 0.527. The highest BCUT2D eigenvalue weighted by molar-refractivity contribution is 7.80. The standard InChI is InChI=1S/C22H27N3O2S/c1-16-7-5-6-10-20(16)23-22(28)25-24-21(26)18-13-11-17(12-14-18)15-27-19-8-3-2-4-9-19/h2-4,8-9,11-14,16,20H,5-7,10,15H2,1H3,(H,24,26)(H2,23,25,28)/t16-,20+/m0/s1. The topological polar surface area (TPSA) is 62.4 Å². The maximum Gasteiger partial charge on any atom is 0.269 e. The van der Waals surface area contributed by atoms with Gasteiger partial charge in [-0.3, -0.25) is 15.6 Å². The van der Waals surface area contributed by atoms with Crippen LogP contribution < -0.4 is 20.9 Å². The van der Waals surface area contributed by atoms with Crippen molar-refractivity contribution in [3.63, 3.8) is 0 Å². The Labute approximate surface area is 171 Å².